The molecule has 1 aliphatic heterocycles. The number of para-hydroxylation sites is 3. The minimum Gasteiger partial charge on any atom is -0.308 e. The van der Waals surface area contributed by atoms with Crippen molar-refractivity contribution in [2.24, 2.45) is 0 Å². The van der Waals surface area contributed by atoms with Gasteiger partial charge in [-0.2, -0.15) is 0 Å². The van der Waals surface area contributed by atoms with E-state index >= 15 is 0 Å². The number of nitrogens with zero attached hydrogens (tertiary/aromatic N) is 3. The lowest BCUT2D eigenvalue weighted by Crippen LogP contribution is -2.27. The van der Waals surface area contributed by atoms with Crippen molar-refractivity contribution in [2.45, 2.75) is 24.7 Å². The first-order chi connectivity index (χ1) is 30.5. The molecule has 0 fully saturated rings. The van der Waals surface area contributed by atoms with Gasteiger partial charge < -0.3 is 4.90 Å². The molecule has 1 aromatic heterocycles. The maximum absolute atomic E-state index is 5.57. The van der Waals surface area contributed by atoms with E-state index in [1.807, 2.05) is 0 Å². The van der Waals surface area contributed by atoms with Gasteiger partial charge in [0.1, 0.15) is 11.2 Å². The summed E-state index contributed by atoms with van der Waals surface area (Å²) in [5.41, 5.74) is 22.5. The summed E-state index contributed by atoms with van der Waals surface area (Å²) in [5.74, 6) is 1.04. The number of hydrogen-bond donors (Lipinski definition) is 0. The summed E-state index contributed by atoms with van der Waals surface area (Å²) in [6.07, 6.45) is 0. The highest BCUT2D eigenvalue weighted by molar-refractivity contribution is 5.96. The van der Waals surface area contributed by atoms with Gasteiger partial charge in [-0.1, -0.05) is 178 Å². The molecule has 1 spiro atoms. The van der Waals surface area contributed by atoms with Crippen LogP contribution in [-0.2, 0) is 10.8 Å². The van der Waals surface area contributed by atoms with Crippen LogP contribution in [0.5, 0.6) is 0 Å². The van der Waals surface area contributed by atoms with Crippen molar-refractivity contribution in [3.63, 3.8) is 0 Å². The lowest BCUT2D eigenvalue weighted by Gasteiger charge is -2.30. The van der Waals surface area contributed by atoms with Crippen LogP contribution in [0.3, 0.4) is 0 Å². The maximum Gasteiger partial charge on any atom is 0.134 e. The number of imidazole rings is 1. The summed E-state index contributed by atoms with van der Waals surface area (Å²) in [6, 6.07) is 78.2. The summed E-state index contributed by atoms with van der Waals surface area (Å²) in [5, 5.41) is 0. The van der Waals surface area contributed by atoms with Crippen molar-refractivity contribution in [3.05, 3.63) is 246 Å². The minimum absolute atomic E-state index is 0.0632. The molecule has 13 rings (SSSR count). The van der Waals surface area contributed by atoms with Gasteiger partial charge in [0.25, 0.3) is 0 Å². The lowest BCUT2D eigenvalue weighted by atomic mass is 9.73. The van der Waals surface area contributed by atoms with E-state index in [2.05, 4.69) is 236 Å². The molecule has 0 atom stereocenters. The van der Waals surface area contributed by atoms with Gasteiger partial charge in [-0.25, -0.2) is 4.98 Å². The Balaban J connectivity index is 1.02. The molecule has 0 N–H and O–H groups in total. The average molecular weight is 792 g/mol. The molecule has 0 saturated heterocycles. The van der Waals surface area contributed by atoms with Gasteiger partial charge in [0, 0.05) is 22.4 Å². The predicted molar refractivity (Wildman–Crippen MR) is 255 cm³/mol. The van der Waals surface area contributed by atoms with Crippen molar-refractivity contribution in [3.8, 4) is 50.2 Å². The van der Waals surface area contributed by atoms with Gasteiger partial charge >= 0.3 is 0 Å². The van der Waals surface area contributed by atoms with Gasteiger partial charge in [-0.3, -0.25) is 4.57 Å². The first kappa shape index (κ1) is 35.0. The van der Waals surface area contributed by atoms with E-state index in [0.717, 1.165) is 39.6 Å². The van der Waals surface area contributed by atoms with E-state index in [0.29, 0.717) is 0 Å². The van der Waals surface area contributed by atoms with Gasteiger partial charge in [0.05, 0.1) is 22.4 Å². The standard InChI is InChI=1S/C59H41N3/c1-58(2)48-20-9-6-17-44(48)47-36-31-41(37-52(47)58)40-29-34-43(35-30-40)61(42-32-27-39(28-33-42)38-15-4-3-5-16-38)55-26-14-23-51-56(55)62-54-25-13-12-24-53(54)60-57(62)59(51)49-21-10-7-18-45(49)46-19-8-11-22-50(46)59/h3-37H,1-2H3. The van der Waals surface area contributed by atoms with Crippen LogP contribution in [-0.4, -0.2) is 9.55 Å². The Morgan fingerprint density at radius 3 is 1.58 bits per heavy atom. The van der Waals surface area contributed by atoms with E-state index in [1.54, 1.807) is 0 Å². The number of hydrogen-bond acceptors (Lipinski definition) is 2. The molecule has 0 amide bonds. The SMILES string of the molecule is CC1(C)c2ccccc2-c2ccc(-c3ccc(N(c4ccc(-c5ccccc5)cc4)c4cccc5c4-n4c(nc6ccccc64)C54c5ccccc5-c5ccccc54)cc3)cc21. The highest BCUT2D eigenvalue weighted by Gasteiger charge is 2.55. The number of rotatable bonds is 5. The number of benzene rings is 9. The zero-order valence-corrected chi connectivity index (χ0v) is 34.5. The van der Waals surface area contributed by atoms with E-state index in [1.165, 1.54) is 72.3 Å². The summed E-state index contributed by atoms with van der Waals surface area (Å²) in [4.78, 5) is 8.02. The van der Waals surface area contributed by atoms with Crippen LogP contribution in [0.1, 0.15) is 47.5 Å². The van der Waals surface area contributed by atoms with Crippen LogP contribution in [0, 0.1) is 0 Å². The van der Waals surface area contributed by atoms with E-state index < -0.39 is 5.41 Å². The molecule has 3 aliphatic rings. The van der Waals surface area contributed by atoms with Gasteiger partial charge in [0.2, 0.25) is 0 Å². The molecule has 2 heterocycles. The highest BCUT2D eigenvalue weighted by Crippen LogP contribution is 2.62. The normalized spacial score (nSPS) is 14.2. The Bertz CT molecular complexity index is 3380. The molecule has 3 nitrogen and oxygen atoms in total. The van der Waals surface area contributed by atoms with E-state index in [4.69, 9.17) is 4.98 Å². The summed E-state index contributed by atoms with van der Waals surface area (Å²) < 4.78 is 2.46. The van der Waals surface area contributed by atoms with Gasteiger partial charge in [-0.15, -0.1) is 0 Å². The Labute approximate surface area is 361 Å². The fourth-order valence-corrected chi connectivity index (χ4v) is 11.2. The third-order valence-electron chi connectivity index (χ3n) is 14.0. The van der Waals surface area contributed by atoms with Crippen molar-refractivity contribution in [1.29, 1.82) is 0 Å². The molecular formula is C59H41N3. The topological polar surface area (TPSA) is 21.1 Å². The number of fused-ring (bicyclic) bond motifs is 15. The molecule has 0 radical (unpaired) electrons. The van der Waals surface area contributed by atoms with Crippen LogP contribution in [0.15, 0.2) is 212 Å². The van der Waals surface area contributed by atoms with Crippen molar-refractivity contribution in [1.82, 2.24) is 9.55 Å². The second-order valence-corrected chi connectivity index (χ2v) is 17.5. The summed E-state index contributed by atoms with van der Waals surface area (Å²) in [6.45, 7) is 4.71. The van der Waals surface area contributed by atoms with Gasteiger partial charge in [-0.05, 0) is 115 Å². The van der Waals surface area contributed by atoms with Crippen LogP contribution in [0.25, 0.3) is 61.2 Å². The number of aromatic nitrogens is 2. The smallest absolute Gasteiger partial charge is 0.134 e. The second kappa shape index (κ2) is 12.9. The van der Waals surface area contributed by atoms with Crippen LogP contribution >= 0.6 is 0 Å². The molecule has 0 saturated carbocycles. The lowest BCUT2D eigenvalue weighted by molar-refractivity contribution is 0.660. The first-order valence-electron chi connectivity index (χ1n) is 21.6. The predicted octanol–water partition coefficient (Wildman–Crippen LogP) is 14.8. The number of anilines is 3. The van der Waals surface area contributed by atoms with Crippen molar-refractivity contribution < 1.29 is 0 Å². The Morgan fingerprint density at radius 1 is 0.403 bits per heavy atom. The zero-order valence-electron chi connectivity index (χ0n) is 34.5. The Hall–Kier alpha value is -7.75. The fourth-order valence-electron chi connectivity index (χ4n) is 11.2. The van der Waals surface area contributed by atoms with Crippen LogP contribution in [0.2, 0.25) is 0 Å². The quantitative estimate of drug-likeness (QED) is 0.173. The zero-order chi connectivity index (χ0) is 41.2. The monoisotopic (exact) mass is 791 g/mol. The molecule has 0 bridgehead atoms. The summed E-state index contributed by atoms with van der Waals surface area (Å²) in [7, 11) is 0. The fraction of sp³-hybridized carbons (Fsp3) is 0.0678. The van der Waals surface area contributed by atoms with Crippen LogP contribution in [0.4, 0.5) is 17.1 Å². The first-order valence-corrected chi connectivity index (χ1v) is 21.6. The molecule has 2 aliphatic carbocycles. The van der Waals surface area contributed by atoms with E-state index in [9.17, 15) is 0 Å². The largest absolute Gasteiger partial charge is 0.308 e. The van der Waals surface area contributed by atoms with Gasteiger partial charge in [0.15, 0.2) is 0 Å². The average Bonchev–Trinajstić information content (AvgIpc) is 4.02. The molecule has 3 heteroatoms. The molecule has 62 heavy (non-hydrogen) atoms. The highest BCUT2D eigenvalue weighted by atomic mass is 15.2. The van der Waals surface area contributed by atoms with Crippen molar-refractivity contribution >= 4 is 28.1 Å². The Morgan fingerprint density at radius 2 is 0.903 bits per heavy atom. The molecular weight excluding hydrogens is 751 g/mol. The van der Waals surface area contributed by atoms with Crippen molar-refractivity contribution in [2.75, 3.05) is 4.90 Å². The molecule has 10 aromatic rings. The third-order valence-corrected chi connectivity index (χ3v) is 14.0. The molecule has 0 unspecified atom stereocenters. The Kier molecular flexibility index (Phi) is 7.28. The molecule has 292 valence electrons. The third kappa shape index (κ3) is 4.68. The minimum atomic E-state index is -0.592. The maximum atomic E-state index is 5.57. The van der Waals surface area contributed by atoms with Crippen LogP contribution < -0.4 is 4.90 Å². The molecule has 9 aromatic carbocycles. The summed E-state index contributed by atoms with van der Waals surface area (Å²) >= 11 is 0. The van der Waals surface area contributed by atoms with E-state index in [-0.39, 0.29) is 5.41 Å². The second-order valence-electron chi connectivity index (χ2n) is 17.5.